The molecule has 0 saturated carbocycles. The number of aromatic nitrogens is 1. The third-order valence-corrected chi connectivity index (χ3v) is 4.24. The Kier molecular flexibility index (Phi) is 2.79. The van der Waals surface area contributed by atoms with Crippen LogP contribution in [0.15, 0.2) is 18.3 Å². The molecule has 6 heteroatoms. The molecule has 1 aliphatic heterocycles. The Balaban J connectivity index is 2.08. The summed E-state index contributed by atoms with van der Waals surface area (Å²) in [6.45, 7) is 0. The van der Waals surface area contributed by atoms with Crippen molar-refractivity contribution >= 4 is 15.7 Å². The molecule has 1 unspecified atom stereocenters. The van der Waals surface area contributed by atoms with Crippen LogP contribution in [0.1, 0.15) is 12.0 Å². The van der Waals surface area contributed by atoms with E-state index in [9.17, 15) is 8.42 Å². The summed E-state index contributed by atoms with van der Waals surface area (Å²) in [5.74, 6) is 0.926. The topological polar surface area (TPSA) is 82.8 Å². The lowest BCUT2D eigenvalue weighted by Gasteiger charge is -2.10. The lowest BCUT2D eigenvalue weighted by Crippen LogP contribution is -2.21. The lowest BCUT2D eigenvalue weighted by molar-refractivity contribution is 0.602. The molecule has 1 N–H and O–H groups in total. The summed E-state index contributed by atoms with van der Waals surface area (Å²) in [5, 5.41) is 11.7. The fourth-order valence-electron chi connectivity index (χ4n) is 1.70. The van der Waals surface area contributed by atoms with Gasteiger partial charge in [-0.3, -0.25) is 0 Å². The Morgan fingerprint density at radius 3 is 3.00 bits per heavy atom. The molecule has 16 heavy (non-hydrogen) atoms. The number of hydrogen-bond donors (Lipinski definition) is 1. The minimum Gasteiger partial charge on any atom is -0.366 e. The second kappa shape index (κ2) is 4.10. The van der Waals surface area contributed by atoms with Gasteiger partial charge in [0.15, 0.2) is 9.84 Å². The molecular weight excluding hydrogens is 226 g/mol. The molecule has 1 aromatic heterocycles. The van der Waals surface area contributed by atoms with E-state index in [2.05, 4.69) is 10.3 Å². The average molecular weight is 237 g/mol. The molecule has 2 heterocycles. The highest BCUT2D eigenvalue weighted by Crippen LogP contribution is 2.16. The Labute approximate surface area is 94.0 Å². The van der Waals surface area contributed by atoms with Gasteiger partial charge in [0.05, 0.1) is 23.1 Å². The van der Waals surface area contributed by atoms with Crippen molar-refractivity contribution in [2.24, 2.45) is 0 Å². The van der Waals surface area contributed by atoms with Gasteiger partial charge in [-0.25, -0.2) is 13.4 Å². The van der Waals surface area contributed by atoms with Gasteiger partial charge in [-0.05, 0) is 18.6 Å². The monoisotopic (exact) mass is 237 g/mol. The highest BCUT2D eigenvalue weighted by atomic mass is 32.2. The van der Waals surface area contributed by atoms with E-state index < -0.39 is 9.84 Å². The van der Waals surface area contributed by atoms with Crippen LogP contribution in [0.5, 0.6) is 0 Å². The van der Waals surface area contributed by atoms with Crippen LogP contribution >= 0.6 is 0 Å². The predicted octanol–water partition coefficient (Wildman–Crippen LogP) is 0.552. The van der Waals surface area contributed by atoms with E-state index in [0.717, 1.165) is 0 Å². The van der Waals surface area contributed by atoms with E-state index in [1.807, 2.05) is 6.07 Å². The maximum absolute atomic E-state index is 11.2. The Morgan fingerprint density at radius 2 is 2.38 bits per heavy atom. The fourth-order valence-corrected chi connectivity index (χ4v) is 3.37. The normalized spacial score (nSPS) is 22.6. The molecule has 0 bridgehead atoms. The van der Waals surface area contributed by atoms with Crippen molar-refractivity contribution in [3.8, 4) is 6.07 Å². The number of rotatable bonds is 2. The molecule has 5 nitrogen and oxygen atoms in total. The van der Waals surface area contributed by atoms with Crippen molar-refractivity contribution in [2.45, 2.75) is 12.5 Å². The maximum Gasteiger partial charge on any atom is 0.152 e. The second-order valence-electron chi connectivity index (χ2n) is 3.79. The first-order valence-electron chi connectivity index (χ1n) is 4.92. The third kappa shape index (κ3) is 2.49. The first-order chi connectivity index (χ1) is 7.59. The van der Waals surface area contributed by atoms with Crippen molar-refractivity contribution < 1.29 is 8.42 Å². The van der Waals surface area contributed by atoms with Gasteiger partial charge < -0.3 is 5.32 Å². The maximum atomic E-state index is 11.2. The van der Waals surface area contributed by atoms with Crippen molar-refractivity contribution in [2.75, 3.05) is 16.8 Å². The van der Waals surface area contributed by atoms with E-state index in [1.165, 1.54) is 6.20 Å². The van der Waals surface area contributed by atoms with Crippen LogP contribution in [0.2, 0.25) is 0 Å². The van der Waals surface area contributed by atoms with Crippen LogP contribution in [-0.2, 0) is 9.84 Å². The smallest absolute Gasteiger partial charge is 0.152 e. The average Bonchev–Trinajstić information content (AvgIpc) is 2.58. The number of nitriles is 1. The van der Waals surface area contributed by atoms with E-state index in [4.69, 9.17) is 5.26 Å². The molecule has 0 spiro atoms. The summed E-state index contributed by atoms with van der Waals surface area (Å²) in [6, 6.07) is 5.14. The molecule has 0 amide bonds. The third-order valence-electron chi connectivity index (χ3n) is 2.47. The van der Waals surface area contributed by atoms with Gasteiger partial charge in [-0.15, -0.1) is 0 Å². The molecular formula is C10H11N3O2S. The Morgan fingerprint density at radius 1 is 1.56 bits per heavy atom. The van der Waals surface area contributed by atoms with Crippen molar-refractivity contribution in [1.29, 1.82) is 5.26 Å². The molecule has 1 fully saturated rings. The Hall–Kier alpha value is -1.61. The van der Waals surface area contributed by atoms with E-state index in [-0.39, 0.29) is 17.5 Å². The quantitative estimate of drug-likeness (QED) is 0.812. The minimum atomic E-state index is -2.89. The van der Waals surface area contributed by atoms with Gasteiger partial charge in [-0.2, -0.15) is 5.26 Å². The molecule has 0 aliphatic carbocycles. The molecule has 1 aromatic rings. The van der Waals surface area contributed by atoms with Crippen LogP contribution in [0.4, 0.5) is 5.82 Å². The first kappa shape index (κ1) is 10.9. The predicted molar refractivity (Wildman–Crippen MR) is 59.6 cm³/mol. The van der Waals surface area contributed by atoms with Crippen LogP contribution < -0.4 is 5.32 Å². The highest BCUT2D eigenvalue weighted by molar-refractivity contribution is 7.91. The molecule has 2 rings (SSSR count). The summed E-state index contributed by atoms with van der Waals surface area (Å²) in [5.41, 5.74) is 0.512. The van der Waals surface area contributed by atoms with Crippen LogP contribution in [-0.4, -0.2) is 30.9 Å². The van der Waals surface area contributed by atoms with Crippen molar-refractivity contribution in [1.82, 2.24) is 4.98 Å². The van der Waals surface area contributed by atoms with Gasteiger partial charge in [0, 0.05) is 12.2 Å². The van der Waals surface area contributed by atoms with E-state index >= 15 is 0 Å². The SMILES string of the molecule is N#Cc1ccnc(NC2CCS(=O)(=O)C2)c1. The number of anilines is 1. The minimum absolute atomic E-state index is 0.0913. The molecule has 0 aromatic carbocycles. The second-order valence-corrected chi connectivity index (χ2v) is 6.01. The zero-order valence-electron chi connectivity index (χ0n) is 8.55. The summed E-state index contributed by atoms with van der Waals surface area (Å²) < 4.78 is 22.5. The summed E-state index contributed by atoms with van der Waals surface area (Å²) >= 11 is 0. The number of pyridine rings is 1. The number of hydrogen-bond acceptors (Lipinski definition) is 5. The molecule has 1 atom stereocenters. The van der Waals surface area contributed by atoms with E-state index in [0.29, 0.717) is 17.8 Å². The Bertz CT molecular complexity index is 533. The standard InChI is InChI=1S/C10H11N3O2S/c11-6-8-1-3-12-10(5-8)13-9-2-4-16(14,15)7-9/h1,3,5,9H,2,4,7H2,(H,12,13). The lowest BCUT2D eigenvalue weighted by atomic mass is 10.2. The van der Waals surface area contributed by atoms with Crippen LogP contribution in [0.25, 0.3) is 0 Å². The molecule has 0 radical (unpaired) electrons. The zero-order chi connectivity index (χ0) is 11.6. The molecule has 1 saturated heterocycles. The number of sulfone groups is 1. The van der Waals surface area contributed by atoms with E-state index in [1.54, 1.807) is 12.1 Å². The van der Waals surface area contributed by atoms with Crippen LogP contribution in [0, 0.1) is 11.3 Å². The summed E-state index contributed by atoms with van der Waals surface area (Å²) in [6.07, 6.45) is 2.13. The summed E-state index contributed by atoms with van der Waals surface area (Å²) in [4.78, 5) is 4.04. The van der Waals surface area contributed by atoms with Gasteiger partial charge in [0.25, 0.3) is 0 Å². The zero-order valence-corrected chi connectivity index (χ0v) is 9.37. The van der Waals surface area contributed by atoms with Gasteiger partial charge in [0.1, 0.15) is 5.82 Å². The van der Waals surface area contributed by atoms with Gasteiger partial charge >= 0.3 is 0 Å². The highest BCUT2D eigenvalue weighted by Gasteiger charge is 2.27. The number of nitrogens with one attached hydrogen (secondary N) is 1. The summed E-state index contributed by atoms with van der Waals surface area (Å²) in [7, 11) is -2.89. The van der Waals surface area contributed by atoms with Crippen LogP contribution in [0.3, 0.4) is 0 Å². The van der Waals surface area contributed by atoms with Gasteiger partial charge in [0.2, 0.25) is 0 Å². The molecule has 84 valence electrons. The number of nitrogens with zero attached hydrogens (tertiary/aromatic N) is 2. The van der Waals surface area contributed by atoms with Crippen molar-refractivity contribution in [3.05, 3.63) is 23.9 Å². The van der Waals surface area contributed by atoms with Gasteiger partial charge in [-0.1, -0.05) is 0 Å². The largest absolute Gasteiger partial charge is 0.366 e. The van der Waals surface area contributed by atoms with Crippen molar-refractivity contribution in [3.63, 3.8) is 0 Å². The first-order valence-corrected chi connectivity index (χ1v) is 6.74. The fraction of sp³-hybridized carbons (Fsp3) is 0.400. The molecule has 1 aliphatic rings.